The second-order valence-corrected chi connectivity index (χ2v) is 6.18. The summed E-state index contributed by atoms with van der Waals surface area (Å²) in [6.07, 6.45) is 0. The van der Waals surface area contributed by atoms with Crippen LogP contribution in [0, 0.1) is 0 Å². The van der Waals surface area contributed by atoms with Crippen LogP contribution in [-0.4, -0.2) is 37.0 Å². The maximum absolute atomic E-state index is 12.0. The highest BCUT2D eigenvalue weighted by Gasteiger charge is 2.32. The molecule has 0 radical (unpaired) electrons. The van der Waals surface area contributed by atoms with E-state index in [0.717, 1.165) is 11.3 Å². The van der Waals surface area contributed by atoms with Gasteiger partial charge in [0.05, 0.1) is 0 Å². The van der Waals surface area contributed by atoms with Crippen molar-refractivity contribution in [1.29, 1.82) is 0 Å². The number of likely N-dealkylation sites (N-methyl/N-ethyl adjacent to an activating group) is 1. The average molecular weight is 282 g/mol. The average Bonchev–Trinajstić information content (AvgIpc) is 2.62. The van der Waals surface area contributed by atoms with Gasteiger partial charge >= 0.3 is 0 Å². The number of nitrogens with one attached hydrogen (secondary N) is 2. The van der Waals surface area contributed by atoms with Crippen molar-refractivity contribution in [3.8, 4) is 0 Å². The van der Waals surface area contributed by atoms with E-state index in [9.17, 15) is 4.79 Å². The van der Waals surface area contributed by atoms with Crippen molar-refractivity contribution in [3.05, 3.63) is 28.8 Å². The molecule has 1 heterocycles. The van der Waals surface area contributed by atoms with Gasteiger partial charge in [-0.25, -0.2) is 0 Å². The van der Waals surface area contributed by atoms with E-state index in [-0.39, 0.29) is 17.5 Å². The van der Waals surface area contributed by atoms with Gasteiger partial charge in [-0.3, -0.25) is 4.79 Å². The van der Waals surface area contributed by atoms with Gasteiger partial charge in [0.1, 0.15) is 6.04 Å². The SMILES string of the molecule is CN(C)C(C)(C)CNC1C(=O)Nc2ccc(Cl)cc21. The third-order valence-electron chi connectivity index (χ3n) is 3.79. The van der Waals surface area contributed by atoms with Crippen LogP contribution in [0.4, 0.5) is 5.69 Å². The Labute approximate surface area is 119 Å². The Morgan fingerprint density at radius 2 is 2.11 bits per heavy atom. The van der Waals surface area contributed by atoms with E-state index in [1.54, 1.807) is 6.07 Å². The molecule has 1 atom stereocenters. The van der Waals surface area contributed by atoms with Crippen LogP contribution in [-0.2, 0) is 4.79 Å². The lowest BCUT2D eigenvalue weighted by atomic mass is 10.0. The van der Waals surface area contributed by atoms with E-state index < -0.39 is 0 Å². The Morgan fingerprint density at radius 1 is 1.42 bits per heavy atom. The number of anilines is 1. The van der Waals surface area contributed by atoms with Gasteiger partial charge in [0.2, 0.25) is 5.91 Å². The van der Waals surface area contributed by atoms with Crippen LogP contribution in [0.3, 0.4) is 0 Å². The minimum absolute atomic E-state index is 0.0215. The summed E-state index contributed by atoms with van der Waals surface area (Å²) in [5.74, 6) is -0.0215. The second kappa shape index (κ2) is 5.12. The first-order valence-corrected chi connectivity index (χ1v) is 6.70. The molecule has 0 bridgehead atoms. The summed E-state index contributed by atoms with van der Waals surface area (Å²) in [6, 6.07) is 5.14. The molecule has 1 aromatic rings. The largest absolute Gasteiger partial charge is 0.324 e. The number of halogens is 1. The molecule has 1 aromatic carbocycles. The highest BCUT2D eigenvalue weighted by atomic mass is 35.5. The van der Waals surface area contributed by atoms with Gasteiger partial charge in [0.15, 0.2) is 0 Å². The maximum atomic E-state index is 12.0. The standard InChI is InChI=1S/C14H20ClN3O/c1-14(2,18(3)4)8-16-12-10-7-9(15)5-6-11(10)17-13(12)19/h5-7,12,16H,8H2,1-4H3,(H,17,19). The lowest BCUT2D eigenvalue weighted by molar-refractivity contribution is -0.117. The lowest BCUT2D eigenvalue weighted by Gasteiger charge is -2.33. The van der Waals surface area contributed by atoms with Gasteiger partial charge in [0.25, 0.3) is 0 Å². The summed E-state index contributed by atoms with van der Waals surface area (Å²) in [5, 5.41) is 6.84. The van der Waals surface area contributed by atoms with Gasteiger partial charge in [-0.1, -0.05) is 11.6 Å². The Kier molecular flexibility index (Phi) is 3.85. The molecule has 0 fully saturated rings. The van der Waals surface area contributed by atoms with Crippen LogP contribution in [0.5, 0.6) is 0 Å². The summed E-state index contributed by atoms with van der Waals surface area (Å²) in [6.45, 7) is 4.97. The summed E-state index contributed by atoms with van der Waals surface area (Å²) in [7, 11) is 4.06. The summed E-state index contributed by atoms with van der Waals surface area (Å²) in [5.41, 5.74) is 1.74. The normalized spacial score (nSPS) is 18.6. The molecule has 4 nitrogen and oxygen atoms in total. The van der Waals surface area contributed by atoms with Crippen LogP contribution in [0.2, 0.25) is 5.02 Å². The van der Waals surface area contributed by atoms with Crippen molar-refractivity contribution >= 4 is 23.2 Å². The van der Waals surface area contributed by atoms with E-state index in [1.807, 2.05) is 26.2 Å². The Balaban J connectivity index is 2.14. The molecule has 0 saturated carbocycles. The number of rotatable bonds is 4. The maximum Gasteiger partial charge on any atom is 0.246 e. The van der Waals surface area contributed by atoms with E-state index in [4.69, 9.17) is 11.6 Å². The first-order valence-electron chi connectivity index (χ1n) is 6.32. The third kappa shape index (κ3) is 2.91. The highest BCUT2D eigenvalue weighted by molar-refractivity contribution is 6.31. The molecule has 1 amide bonds. The first kappa shape index (κ1) is 14.3. The number of hydrogen-bond acceptors (Lipinski definition) is 3. The summed E-state index contributed by atoms with van der Waals surface area (Å²) >= 11 is 6.00. The van der Waals surface area contributed by atoms with E-state index in [2.05, 4.69) is 29.4 Å². The molecule has 2 rings (SSSR count). The highest BCUT2D eigenvalue weighted by Crippen LogP contribution is 2.33. The fourth-order valence-corrected chi connectivity index (χ4v) is 2.13. The summed E-state index contributed by atoms with van der Waals surface area (Å²) < 4.78 is 0. The molecule has 1 aliphatic rings. The van der Waals surface area contributed by atoms with Crippen molar-refractivity contribution in [2.45, 2.75) is 25.4 Å². The van der Waals surface area contributed by atoms with Crippen LogP contribution in [0.15, 0.2) is 18.2 Å². The minimum atomic E-state index is -0.326. The number of fused-ring (bicyclic) bond motifs is 1. The first-order chi connectivity index (χ1) is 8.81. The number of carbonyl (C=O) groups excluding carboxylic acids is 1. The van der Waals surface area contributed by atoms with E-state index >= 15 is 0 Å². The zero-order valence-electron chi connectivity index (χ0n) is 11.7. The Bertz CT molecular complexity index is 499. The molecule has 0 spiro atoms. The molecule has 1 unspecified atom stereocenters. The molecular formula is C14H20ClN3O. The zero-order chi connectivity index (χ0) is 14.2. The second-order valence-electron chi connectivity index (χ2n) is 5.74. The van der Waals surface area contributed by atoms with Gasteiger partial charge in [0, 0.05) is 28.4 Å². The van der Waals surface area contributed by atoms with Gasteiger partial charge < -0.3 is 15.5 Å². The Hall–Kier alpha value is -1.10. The minimum Gasteiger partial charge on any atom is -0.324 e. The van der Waals surface area contributed by atoms with Gasteiger partial charge in [-0.15, -0.1) is 0 Å². The molecule has 104 valence electrons. The van der Waals surface area contributed by atoms with Crippen LogP contribution >= 0.6 is 11.6 Å². The van der Waals surface area contributed by atoms with Gasteiger partial charge in [-0.05, 0) is 46.1 Å². The topological polar surface area (TPSA) is 44.4 Å². The van der Waals surface area contributed by atoms with Crippen molar-refractivity contribution in [3.63, 3.8) is 0 Å². The molecule has 2 N–H and O–H groups in total. The molecule has 0 aromatic heterocycles. The summed E-state index contributed by atoms with van der Waals surface area (Å²) in [4.78, 5) is 14.1. The molecule has 0 saturated heterocycles. The van der Waals surface area contributed by atoms with E-state index in [1.165, 1.54) is 0 Å². The van der Waals surface area contributed by atoms with Crippen LogP contribution < -0.4 is 10.6 Å². The smallest absolute Gasteiger partial charge is 0.246 e. The third-order valence-corrected chi connectivity index (χ3v) is 4.03. The van der Waals surface area contributed by atoms with Crippen molar-refractivity contribution < 1.29 is 4.79 Å². The number of amides is 1. The number of benzene rings is 1. The predicted molar refractivity (Wildman–Crippen MR) is 78.6 cm³/mol. The number of hydrogen-bond donors (Lipinski definition) is 2. The van der Waals surface area contributed by atoms with Crippen LogP contribution in [0.25, 0.3) is 0 Å². The zero-order valence-corrected chi connectivity index (χ0v) is 12.5. The van der Waals surface area contributed by atoms with Crippen molar-refractivity contribution in [2.24, 2.45) is 0 Å². The Morgan fingerprint density at radius 3 is 2.74 bits per heavy atom. The van der Waals surface area contributed by atoms with Crippen molar-refractivity contribution in [1.82, 2.24) is 10.2 Å². The van der Waals surface area contributed by atoms with Crippen LogP contribution in [0.1, 0.15) is 25.5 Å². The lowest BCUT2D eigenvalue weighted by Crippen LogP contribution is -2.48. The fourth-order valence-electron chi connectivity index (χ4n) is 1.94. The fraction of sp³-hybridized carbons (Fsp3) is 0.500. The number of carbonyl (C=O) groups is 1. The molecule has 5 heteroatoms. The van der Waals surface area contributed by atoms with Gasteiger partial charge in [-0.2, -0.15) is 0 Å². The quantitative estimate of drug-likeness (QED) is 0.890. The molecule has 0 aliphatic carbocycles. The molecule has 19 heavy (non-hydrogen) atoms. The van der Waals surface area contributed by atoms with Crippen molar-refractivity contribution in [2.75, 3.05) is 26.0 Å². The molecule has 1 aliphatic heterocycles. The monoisotopic (exact) mass is 281 g/mol. The number of nitrogens with zero attached hydrogens (tertiary/aromatic N) is 1. The molecular weight excluding hydrogens is 262 g/mol. The van der Waals surface area contributed by atoms with E-state index in [0.29, 0.717) is 11.6 Å². The predicted octanol–water partition coefficient (Wildman–Crippen LogP) is 2.26.